The molecule has 0 saturated heterocycles. The maximum Gasteiger partial charge on any atom is 0.0230 e. The number of hydrogen-bond donors (Lipinski definition) is 0. The Hall–Kier alpha value is -0.500. The third-order valence-electron chi connectivity index (χ3n) is 4.57. The van der Waals surface area contributed by atoms with Crippen LogP contribution in [-0.2, 0) is 0 Å². The van der Waals surface area contributed by atoms with Gasteiger partial charge in [0, 0.05) is 26.3 Å². The first-order chi connectivity index (χ1) is 9.84. The van der Waals surface area contributed by atoms with Crippen molar-refractivity contribution in [1.29, 1.82) is 0 Å². The summed E-state index contributed by atoms with van der Waals surface area (Å²) in [6.07, 6.45) is 11.6. The van der Waals surface area contributed by atoms with Crippen LogP contribution in [0.3, 0.4) is 0 Å². The van der Waals surface area contributed by atoms with Gasteiger partial charge < -0.3 is 5.01 Å². The van der Waals surface area contributed by atoms with Crippen LogP contribution in [0.25, 0.3) is 0 Å². The Labute approximate surface area is 134 Å². The van der Waals surface area contributed by atoms with Crippen molar-refractivity contribution in [2.75, 3.05) is 20.6 Å². The fourth-order valence-corrected chi connectivity index (χ4v) is 2.78. The third-order valence-corrected chi connectivity index (χ3v) is 4.57. The van der Waals surface area contributed by atoms with E-state index in [1.54, 1.807) is 0 Å². The molecule has 0 aromatic rings. The second-order valence-corrected chi connectivity index (χ2v) is 7.30. The molecule has 2 heteroatoms. The highest BCUT2D eigenvalue weighted by molar-refractivity contribution is 4.92. The smallest absolute Gasteiger partial charge is 0.0230 e. The number of nitrogens with zero attached hydrogens (tertiary/aromatic N) is 2. The number of hydrazine groups is 1. The average molecular weight is 297 g/mol. The van der Waals surface area contributed by atoms with Gasteiger partial charge in [-0.15, -0.1) is 0 Å². The van der Waals surface area contributed by atoms with E-state index in [1.165, 1.54) is 57.1 Å². The Balaban J connectivity index is 3.96. The lowest BCUT2D eigenvalue weighted by atomic mass is 9.83. The van der Waals surface area contributed by atoms with Crippen molar-refractivity contribution >= 4 is 0 Å². The average Bonchev–Trinajstić information content (AvgIpc) is 2.43. The molecule has 2 nitrogen and oxygen atoms in total. The highest BCUT2D eigenvalue weighted by atomic mass is 15.6. The Morgan fingerprint density at radius 1 is 0.905 bits per heavy atom. The summed E-state index contributed by atoms with van der Waals surface area (Å²) in [7, 11) is 4.34. The molecule has 0 bridgehead atoms. The van der Waals surface area contributed by atoms with Gasteiger partial charge in [-0.2, -0.15) is 0 Å². The molecule has 21 heavy (non-hydrogen) atoms. The lowest BCUT2D eigenvalue weighted by Gasteiger charge is -2.33. The largest absolute Gasteiger partial charge is 0.314 e. The molecule has 0 aliphatic heterocycles. The molecule has 0 atom stereocenters. The first-order valence-corrected chi connectivity index (χ1v) is 8.96. The number of unbranched alkanes of at least 4 members (excludes halogenated alkanes) is 4. The van der Waals surface area contributed by atoms with Crippen LogP contribution in [-0.4, -0.2) is 30.7 Å². The van der Waals surface area contributed by atoms with Gasteiger partial charge in [0.05, 0.1) is 0 Å². The van der Waals surface area contributed by atoms with Crippen LogP contribution in [0.2, 0.25) is 0 Å². The van der Waals surface area contributed by atoms with Crippen LogP contribution in [0.5, 0.6) is 0 Å². The fourth-order valence-electron chi connectivity index (χ4n) is 2.78. The third kappa shape index (κ3) is 9.95. The van der Waals surface area contributed by atoms with Gasteiger partial charge in [-0.25, -0.2) is 5.01 Å². The number of allylic oxidation sites excluding steroid dienone is 1. The Morgan fingerprint density at radius 2 is 1.52 bits per heavy atom. The van der Waals surface area contributed by atoms with Gasteiger partial charge in [0.1, 0.15) is 0 Å². The van der Waals surface area contributed by atoms with Crippen molar-refractivity contribution in [2.45, 2.75) is 85.5 Å². The molecule has 0 amide bonds. The lowest BCUT2D eigenvalue weighted by Crippen LogP contribution is -2.36. The molecule has 0 aliphatic carbocycles. The van der Waals surface area contributed by atoms with E-state index in [0.29, 0.717) is 5.41 Å². The summed E-state index contributed by atoms with van der Waals surface area (Å²) in [5.74, 6) is 0. The number of hydrogen-bond acceptors (Lipinski definition) is 2. The van der Waals surface area contributed by atoms with E-state index in [-0.39, 0.29) is 0 Å². The maximum absolute atomic E-state index is 4.28. The minimum Gasteiger partial charge on any atom is -0.314 e. The highest BCUT2D eigenvalue weighted by Crippen LogP contribution is 2.30. The normalized spacial score (nSPS) is 12.0. The summed E-state index contributed by atoms with van der Waals surface area (Å²) in [6.45, 7) is 14.7. The van der Waals surface area contributed by atoms with Crippen molar-refractivity contribution < 1.29 is 0 Å². The molecule has 0 aliphatic rings. The first-order valence-electron chi connectivity index (χ1n) is 8.96. The van der Waals surface area contributed by atoms with Gasteiger partial charge in [0.2, 0.25) is 0 Å². The Bertz CT molecular complexity index is 271. The summed E-state index contributed by atoms with van der Waals surface area (Å²) >= 11 is 0. The molecule has 0 heterocycles. The van der Waals surface area contributed by atoms with Gasteiger partial charge in [-0.1, -0.05) is 66.4 Å². The predicted octanol–water partition coefficient (Wildman–Crippen LogP) is 5.86. The quantitative estimate of drug-likeness (QED) is 0.310. The van der Waals surface area contributed by atoms with Gasteiger partial charge >= 0.3 is 0 Å². The molecule has 0 N–H and O–H groups in total. The molecule has 0 fully saturated rings. The minimum absolute atomic E-state index is 0.442. The molecule has 0 radical (unpaired) electrons. The van der Waals surface area contributed by atoms with E-state index in [0.717, 1.165) is 13.0 Å². The van der Waals surface area contributed by atoms with E-state index >= 15 is 0 Å². The van der Waals surface area contributed by atoms with Gasteiger partial charge in [-0.3, -0.25) is 0 Å². The second kappa shape index (κ2) is 11.1. The summed E-state index contributed by atoms with van der Waals surface area (Å²) in [4.78, 5) is 0. The predicted molar refractivity (Wildman–Crippen MR) is 96.2 cm³/mol. The van der Waals surface area contributed by atoms with E-state index < -0.39 is 0 Å². The van der Waals surface area contributed by atoms with Gasteiger partial charge in [0.15, 0.2) is 0 Å². The van der Waals surface area contributed by atoms with Crippen molar-refractivity contribution in [3.63, 3.8) is 0 Å². The lowest BCUT2D eigenvalue weighted by molar-refractivity contribution is 0.0569. The van der Waals surface area contributed by atoms with Crippen LogP contribution in [0.4, 0.5) is 0 Å². The summed E-state index contributed by atoms with van der Waals surface area (Å²) in [6, 6.07) is 0. The van der Waals surface area contributed by atoms with E-state index in [1.807, 2.05) is 0 Å². The Morgan fingerprint density at radius 3 is 2.10 bits per heavy atom. The van der Waals surface area contributed by atoms with Crippen LogP contribution in [0.1, 0.15) is 85.5 Å². The maximum atomic E-state index is 4.28. The van der Waals surface area contributed by atoms with E-state index in [9.17, 15) is 0 Å². The zero-order chi connectivity index (χ0) is 16.3. The van der Waals surface area contributed by atoms with E-state index in [4.69, 9.17) is 0 Å². The zero-order valence-corrected chi connectivity index (χ0v) is 15.7. The molecule has 0 aromatic heterocycles. The summed E-state index contributed by atoms with van der Waals surface area (Å²) in [5.41, 5.74) is 1.69. The second-order valence-electron chi connectivity index (χ2n) is 7.30. The van der Waals surface area contributed by atoms with E-state index in [2.05, 4.69) is 58.4 Å². The summed E-state index contributed by atoms with van der Waals surface area (Å²) < 4.78 is 0. The Kier molecular flexibility index (Phi) is 10.9. The minimum atomic E-state index is 0.442. The fraction of sp³-hybridized carbons (Fsp3) is 0.895. The van der Waals surface area contributed by atoms with Crippen molar-refractivity contribution in [3.05, 3.63) is 12.3 Å². The molecule has 0 saturated carbocycles. The number of rotatable bonds is 13. The SMILES string of the molecule is C=C(CCC(C)(C)CCC)N(C)N(C)CCCCCCC. The molecule has 0 unspecified atom stereocenters. The van der Waals surface area contributed by atoms with Gasteiger partial charge in [0.25, 0.3) is 0 Å². The van der Waals surface area contributed by atoms with Crippen molar-refractivity contribution in [3.8, 4) is 0 Å². The molecule has 0 rings (SSSR count). The molecular formula is C19H40N2. The van der Waals surface area contributed by atoms with Gasteiger partial charge in [-0.05, 0) is 31.1 Å². The van der Waals surface area contributed by atoms with Crippen LogP contribution in [0, 0.1) is 5.41 Å². The highest BCUT2D eigenvalue weighted by Gasteiger charge is 2.18. The van der Waals surface area contributed by atoms with Crippen molar-refractivity contribution in [1.82, 2.24) is 10.0 Å². The van der Waals surface area contributed by atoms with Crippen LogP contribution < -0.4 is 0 Å². The zero-order valence-electron chi connectivity index (χ0n) is 15.7. The van der Waals surface area contributed by atoms with Crippen LogP contribution >= 0.6 is 0 Å². The standard InChI is InChI=1S/C19H40N2/c1-8-10-11-12-13-17-20(6)21(7)18(3)14-16-19(4,5)15-9-2/h3,8-17H2,1-2,4-7H3. The molecule has 0 aromatic carbocycles. The van der Waals surface area contributed by atoms with Crippen molar-refractivity contribution in [2.24, 2.45) is 5.41 Å². The molecular weight excluding hydrogens is 256 g/mol. The van der Waals surface area contributed by atoms with Crippen LogP contribution in [0.15, 0.2) is 12.3 Å². The first kappa shape index (κ1) is 20.5. The molecule has 126 valence electrons. The molecule has 0 spiro atoms. The monoisotopic (exact) mass is 296 g/mol. The topological polar surface area (TPSA) is 6.48 Å². The summed E-state index contributed by atoms with van der Waals surface area (Å²) in [5, 5.41) is 4.57.